The first-order chi connectivity index (χ1) is 19.7. The molecule has 0 bridgehead atoms. The van der Waals surface area contributed by atoms with Crippen LogP contribution in [0.3, 0.4) is 0 Å². The number of ether oxygens (including phenoxy) is 4. The molecular weight excluding hydrogens is 530 g/mol. The number of aliphatic hydroxyl groups excluding tert-OH is 1. The van der Waals surface area contributed by atoms with Crippen molar-refractivity contribution in [2.75, 3.05) is 67.6 Å². The summed E-state index contributed by atoms with van der Waals surface area (Å²) in [6.07, 6.45) is 4.63. The van der Waals surface area contributed by atoms with Crippen molar-refractivity contribution in [1.29, 1.82) is 0 Å². The zero-order chi connectivity index (χ0) is 31.2. The van der Waals surface area contributed by atoms with Crippen molar-refractivity contribution >= 4 is 0 Å². The summed E-state index contributed by atoms with van der Waals surface area (Å²) in [6, 6.07) is 0.405. The normalized spacial score (nSPS) is 40.8. The molecule has 3 rings (SSSR count). The fourth-order valence-corrected chi connectivity index (χ4v) is 8.37. The fourth-order valence-electron chi connectivity index (χ4n) is 8.37. The molecule has 0 aromatic heterocycles. The summed E-state index contributed by atoms with van der Waals surface area (Å²) < 4.78 is 26.1. The molecule has 0 radical (unpaired) electrons. The van der Waals surface area contributed by atoms with Crippen LogP contribution in [0.25, 0.3) is 0 Å². The van der Waals surface area contributed by atoms with E-state index in [1.54, 1.807) is 0 Å². The molecule has 8 nitrogen and oxygen atoms in total. The summed E-state index contributed by atoms with van der Waals surface area (Å²) in [6.45, 7) is 21.9. The summed E-state index contributed by atoms with van der Waals surface area (Å²) in [7, 11) is 8.16. The number of likely N-dealkylation sites (tertiary alicyclic amines) is 1. The van der Waals surface area contributed by atoms with Gasteiger partial charge in [-0.05, 0) is 116 Å². The van der Waals surface area contributed by atoms with E-state index >= 15 is 0 Å². The molecule has 0 amide bonds. The van der Waals surface area contributed by atoms with Gasteiger partial charge in [0.1, 0.15) is 6.10 Å². The minimum atomic E-state index is -0.724. The minimum Gasteiger partial charge on any atom is -0.386 e. The van der Waals surface area contributed by atoms with Crippen LogP contribution in [0.2, 0.25) is 0 Å². The Morgan fingerprint density at radius 2 is 1.71 bits per heavy atom. The van der Waals surface area contributed by atoms with E-state index in [1.165, 1.54) is 38.9 Å². The molecule has 248 valence electrons. The Hall–Kier alpha value is -0.320. The van der Waals surface area contributed by atoms with Crippen LogP contribution in [0.1, 0.15) is 87.0 Å². The molecule has 0 saturated carbocycles. The number of piperidine rings is 1. The number of aliphatic hydroxyl groups is 1. The Balaban J connectivity index is 1.84. The van der Waals surface area contributed by atoms with Gasteiger partial charge in [0.15, 0.2) is 6.29 Å². The van der Waals surface area contributed by atoms with Crippen LogP contribution in [0.15, 0.2) is 0 Å². The average Bonchev–Trinajstić information content (AvgIpc) is 2.91. The van der Waals surface area contributed by atoms with Gasteiger partial charge in [0.05, 0.1) is 31.0 Å². The van der Waals surface area contributed by atoms with E-state index < -0.39 is 18.0 Å². The third-order valence-corrected chi connectivity index (χ3v) is 10.4. The summed E-state index contributed by atoms with van der Waals surface area (Å²) in [5, 5.41) is 11.3. The van der Waals surface area contributed by atoms with Crippen molar-refractivity contribution in [3.05, 3.63) is 0 Å². The fraction of sp³-hybridized carbons (Fsp3) is 1.00. The van der Waals surface area contributed by atoms with Gasteiger partial charge in [0, 0.05) is 25.7 Å². The molecule has 3 aliphatic rings. The summed E-state index contributed by atoms with van der Waals surface area (Å²) in [5.41, 5.74) is -0.572. The maximum atomic E-state index is 11.3. The average molecular weight is 598 g/mol. The lowest BCUT2D eigenvalue weighted by Gasteiger charge is -2.47. The van der Waals surface area contributed by atoms with Crippen LogP contribution in [0, 0.1) is 23.2 Å². The third-order valence-electron chi connectivity index (χ3n) is 10.4. The van der Waals surface area contributed by atoms with Gasteiger partial charge in [-0.3, -0.25) is 0 Å². The lowest BCUT2D eigenvalue weighted by Crippen LogP contribution is -2.58. The van der Waals surface area contributed by atoms with Gasteiger partial charge in [0.25, 0.3) is 0 Å². The van der Waals surface area contributed by atoms with Crippen LogP contribution < -0.4 is 0 Å². The molecule has 1 N–H and O–H groups in total. The number of nitrogens with zero attached hydrogens (tertiary/aromatic N) is 3. The Kier molecular flexibility index (Phi) is 13.6. The van der Waals surface area contributed by atoms with E-state index in [9.17, 15) is 5.11 Å². The van der Waals surface area contributed by atoms with Crippen molar-refractivity contribution in [3.8, 4) is 0 Å². The molecule has 0 unspecified atom stereocenters. The van der Waals surface area contributed by atoms with Crippen molar-refractivity contribution in [3.63, 3.8) is 0 Å². The highest BCUT2D eigenvalue weighted by molar-refractivity contribution is 4.95. The van der Waals surface area contributed by atoms with Crippen LogP contribution in [-0.4, -0.2) is 130 Å². The first kappa shape index (κ1) is 36.2. The number of hydrogen-bond donors (Lipinski definition) is 1. The maximum absolute atomic E-state index is 11.3. The van der Waals surface area contributed by atoms with Crippen molar-refractivity contribution in [2.24, 2.45) is 23.2 Å². The molecule has 0 aromatic carbocycles. The van der Waals surface area contributed by atoms with Crippen LogP contribution in [0.5, 0.6) is 0 Å². The Morgan fingerprint density at radius 3 is 2.31 bits per heavy atom. The lowest BCUT2D eigenvalue weighted by atomic mass is 9.75. The monoisotopic (exact) mass is 598 g/mol. The molecule has 3 saturated heterocycles. The zero-order valence-corrected chi connectivity index (χ0v) is 29.1. The SMILES string of the molecule is CCCN1CCC([C@H]2COCC(C)(C)C[C@@H](C)[C@@H](O[C@@H]3O[C@H](C)C[C@H](N(C)C)[C@H]3O)[C@](C)(OC)C[C@@H](C)CN2C)CC1. The standard InChI is InChI=1S/C34H67N3O5/c1-12-15-37-16-13-27(14-17-37)29-22-40-23-33(5,6)20-25(3)31(34(7,39-11)19-24(2)21-36(29)10)42-32-30(38)28(35(8)9)18-26(4)41-32/h24-32,38H,12-23H2,1-11H3/t24-,25-,26-,28+,29-,30-,31-,32+,34-/m1/s1. The highest BCUT2D eigenvalue weighted by Crippen LogP contribution is 2.39. The Labute approximate surface area is 258 Å². The number of likely N-dealkylation sites (N-methyl/N-ethyl adjacent to an activating group) is 2. The Morgan fingerprint density at radius 1 is 1.05 bits per heavy atom. The first-order valence-corrected chi connectivity index (χ1v) is 16.9. The predicted octanol–water partition coefficient (Wildman–Crippen LogP) is 4.73. The van der Waals surface area contributed by atoms with Gasteiger partial charge in [-0.2, -0.15) is 0 Å². The second-order valence-electron chi connectivity index (χ2n) is 15.5. The second-order valence-corrected chi connectivity index (χ2v) is 15.5. The van der Waals surface area contributed by atoms with Gasteiger partial charge in [-0.25, -0.2) is 0 Å². The van der Waals surface area contributed by atoms with E-state index in [4.69, 9.17) is 18.9 Å². The van der Waals surface area contributed by atoms with E-state index in [1.807, 2.05) is 21.2 Å². The van der Waals surface area contributed by atoms with Crippen molar-refractivity contribution in [2.45, 2.75) is 129 Å². The molecule has 8 heteroatoms. The van der Waals surface area contributed by atoms with Crippen LogP contribution in [0.4, 0.5) is 0 Å². The zero-order valence-electron chi connectivity index (χ0n) is 29.1. The number of methoxy groups -OCH3 is 1. The predicted molar refractivity (Wildman–Crippen MR) is 171 cm³/mol. The molecule has 9 atom stereocenters. The van der Waals surface area contributed by atoms with E-state index in [2.05, 4.69) is 70.2 Å². The van der Waals surface area contributed by atoms with Crippen molar-refractivity contribution in [1.82, 2.24) is 14.7 Å². The Bertz CT molecular complexity index is 791. The van der Waals surface area contributed by atoms with E-state index in [0.29, 0.717) is 24.5 Å². The van der Waals surface area contributed by atoms with Crippen LogP contribution >= 0.6 is 0 Å². The smallest absolute Gasteiger partial charge is 0.185 e. The van der Waals surface area contributed by atoms with Gasteiger partial charge in [-0.15, -0.1) is 0 Å². The van der Waals surface area contributed by atoms with Crippen molar-refractivity contribution < 1.29 is 24.1 Å². The molecule has 3 heterocycles. The molecule has 3 aliphatic heterocycles. The largest absolute Gasteiger partial charge is 0.386 e. The van der Waals surface area contributed by atoms with Gasteiger partial charge in [-0.1, -0.05) is 34.6 Å². The molecule has 0 aliphatic carbocycles. The number of rotatable bonds is 7. The second kappa shape index (κ2) is 15.8. The molecule has 3 fully saturated rings. The number of hydrogen-bond acceptors (Lipinski definition) is 8. The minimum absolute atomic E-state index is 0.00727. The summed E-state index contributed by atoms with van der Waals surface area (Å²) in [5.74, 6) is 1.22. The lowest BCUT2D eigenvalue weighted by molar-refractivity contribution is -0.298. The van der Waals surface area contributed by atoms with E-state index in [-0.39, 0.29) is 29.6 Å². The molecule has 42 heavy (non-hydrogen) atoms. The van der Waals surface area contributed by atoms with Crippen LogP contribution in [-0.2, 0) is 18.9 Å². The van der Waals surface area contributed by atoms with Gasteiger partial charge < -0.3 is 38.8 Å². The topological polar surface area (TPSA) is 66.9 Å². The van der Waals surface area contributed by atoms with Gasteiger partial charge in [0.2, 0.25) is 0 Å². The third kappa shape index (κ3) is 9.59. The van der Waals surface area contributed by atoms with E-state index in [0.717, 1.165) is 32.4 Å². The summed E-state index contributed by atoms with van der Waals surface area (Å²) in [4.78, 5) is 7.29. The highest BCUT2D eigenvalue weighted by Gasteiger charge is 2.47. The first-order valence-electron chi connectivity index (χ1n) is 16.9. The summed E-state index contributed by atoms with van der Waals surface area (Å²) >= 11 is 0. The quantitative estimate of drug-likeness (QED) is 0.452. The molecular formula is C34H67N3O5. The highest BCUT2D eigenvalue weighted by atomic mass is 16.7. The van der Waals surface area contributed by atoms with Gasteiger partial charge >= 0.3 is 0 Å². The molecule has 0 spiro atoms. The maximum Gasteiger partial charge on any atom is 0.185 e. The molecule has 0 aromatic rings.